The van der Waals surface area contributed by atoms with E-state index in [9.17, 15) is 0 Å². The molecule has 2 fully saturated rings. The largest absolute Gasteiger partial charge is 0.494 e. The lowest BCUT2D eigenvalue weighted by atomic mass is 10.1. The molecule has 2 aromatic rings. The van der Waals surface area contributed by atoms with Gasteiger partial charge >= 0.3 is 0 Å². The Kier molecular flexibility index (Phi) is 6.60. The predicted molar refractivity (Wildman–Crippen MR) is 114 cm³/mol. The van der Waals surface area contributed by atoms with Crippen molar-refractivity contribution < 1.29 is 4.74 Å². The van der Waals surface area contributed by atoms with Crippen molar-refractivity contribution in [3.8, 4) is 5.75 Å². The standard InChI is InChI=1S/C22H31N5O/c1-2-13-26(14-3-1)15-6-18-28-20-9-7-19(8-10-20)24-22-23-12-11-21(25-22)27-16-4-5-17-27/h7-12H,1-6,13-18H2,(H,23,24,25). The van der Waals surface area contributed by atoms with Gasteiger partial charge in [0, 0.05) is 31.5 Å². The lowest BCUT2D eigenvalue weighted by Crippen LogP contribution is -2.31. The molecular formula is C22H31N5O. The van der Waals surface area contributed by atoms with E-state index >= 15 is 0 Å². The fourth-order valence-electron chi connectivity index (χ4n) is 3.96. The van der Waals surface area contributed by atoms with E-state index in [1.165, 1.54) is 45.2 Å². The first-order valence-electron chi connectivity index (χ1n) is 10.7. The van der Waals surface area contributed by atoms with Crippen LogP contribution in [0.15, 0.2) is 36.5 Å². The van der Waals surface area contributed by atoms with Crippen LogP contribution in [0.25, 0.3) is 0 Å². The molecule has 4 rings (SSSR count). The molecule has 0 spiro atoms. The van der Waals surface area contributed by atoms with Crippen molar-refractivity contribution in [1.82, 2.24) is 14.9 Å². The van der Waals surface area contributed by atoms with Crippen molar-refractivity contribution in [3.63, 3.8) is 0 Å². The second kappa shape index (κ2) is 9.73. The van der Waals surface area contributed by atoms with E-state index in [0.717, 1.165) is 49.9 Å². The first-order valence-corrected chi connectivity index (χ1v) is 10.7. The number of rotatable bonds is 8. The summed E-state index contributed by atoms with van der Waals surface area (Å²) in [6.07, 6.45) is 9.47. The molecule has 6 nitrogen and oxygen atoms in total. The Labute approximate surface area is 167 Å². The van der Waals surface area contributed by atoms with Crippen LogP contribution in [0.3, 0.4) is 0 Å². The Balaban J connectivity index is 1.23. The Bertz CT molecular complexity index is 724. The zero-order valence-electron chi connectivity index (χ0n) is 16.6. The topological polar surface area (TPSA) is 53.5 Å². The number of likely N-dealkylation sites (tertiary alicyclic amines) is 1. The maximum atomic E-state index is 5.90. The van der Waals surface area contributed by atoms with Crippen molar-refractivity contribution in [1.29, 1.82) is 0 Å². The van der Waals surface area contributed by atoms with Gasteiger partial charge in [0.1, 0.15) is 11.6 Å². The monoisotopic (exact) mass is 381 g/mol. The molecule has 0 saturated carbocycles. The highest BCUT2D eigenvalue weighted by Crippen LogP contribution is 2.21. The third kappa shape index (κ3) is 5.35. The summed E-state index contributed by atoms with van der Waals surface area (Å²) >= 11 is 0. The van der Waals surface area contributed by atoms with Crippen LogP contribution in [0, 0.1) is 0 Å². The SMILES string of the molecule is c1cc(N2CCCC2)nc(Nc2ccc(OCCCN3CCCCC3)cc2)n1. The van der Waals surface area contributed by atoms with Gasteiger partial charge in [-0.2, -0.15) is 4.98 Å². The van der Waals surface area contributed by atoms with E-state index < -0.39 is 0 Å². The molecule has 2 saturated heterocycles. The molecule has 2 aliphatic rings. The lowest BCUT2D eigenvalue weighted by molar-refractivity contribution is 0.205. The summed E-state index contributed by atoms with van der Waals surface area (Å²) in [6, 6.07) is 10.0. The Morgan fingerprint density at radius 2 is 1.64 bits per heavy atom. The molecule has 0 atom stereocenters. The third-order valence-corrected chi connectivity index (χ3v) is 5.52. The summed E-state index contributed by atoms with van der Waals surface area (Å²) in [5.74, 6) is 2.55. The van der Waals surface area contributed by atoms with Gasteiger partial charge in [0.25, 0.3) is 0 Å². The molecule has 1 aromatic heterocycles. The van der Waals surface area contributed by atoms with E-state index in [-0.39, 0.29) is 0 Å². The number of anilines is 3. The Morgan fingerprint density at radius 1 is 0.893 bits per heavy atom. The summed E-state index contributed by atoms with van der Waals surface area (Å²) in [6.45, 7) is 6.58. The molecule has 2 aliphatic heterocycles. The molecule has 28 heavy (non-hydrogen) atoms. The van der Waals surface area contributed by atoms with Gasteiger partial charge in [-0.3, -0.25) is 0 Å². The molecule has 0 radical (unpaired) electrons. The van der Waals surface area contributed by atoms with Gasteiger partial charge in [0.05, 0.1) is 6.61 Å². The number of ether oxygens (including phenoxy) is 1. The molecule has 1 N–H and O–H groups in total. The van der Waals surface area contributed by atoms with Crippen LogP contribution < -0.4 is 15.0 Å². The second-order valence-corrected chi connectivity index (χ2v) is 7.69. The average molecular weight is 382 g/mol. The van der Waals surface area contributed by atoms with Gasteiger partial charge in [-0.15, -0.1) is 0 Å². The summed E-state index contributed by atoms with van der Waals surface area (Å²) in [5, 5.41) is 3.29. The molecule has 1 aromatic carbocycles. The maximum absolute atomic E-state index is 5.90. The number of piperidine rings is 1. The van der Waals surface area contributed by atoms with Crippen LogP contribution in [0.1, 0.15) is 38.5 Å². The van der Waals surface area contributed by atoms with E-state index in [0.29, 0.717) is 5.95 Å². The fraction of sp³-hybridized carbons (Fsp3) is 0.545. The van der Waals surface area contributed by atoms with Gasteiger partial charge in [-0.1, -0.05) is 6.42 Å². The van der Waals surface area contributed by atoms with E-state index in [1.54, 1.807) is 0 Å². The van der Waals surface area contributed by atoms with E-state index in [1.807, 2.05) is 36.5 Å². The van der Waals surface area contributed by atoms with Gasteiger partial charge in [0.2, 0.25) is 5.95 Å². The highest BCUT2D eigenvalue weighted by molar-refractivity contribution is 5.56. The molecule has 150 valence electrons. The number of hydrogen-bond donors (Lipinski definition) is 1. The maximum Gasteiger partial charge on any atom is 0.229 e. The van der Waals surface area contributed by atoms with Crippen LogP contribution in [0.2, 0.25) is 0 Å². The van der Waals surface area contributed by atoms with Crippen molar-refractivity contribution >= 4 is 17.5 Å². The summed E-state index contributed by atoms with van der Waals surface area (Å²) in [5.41, 5.74) is 0.972. The zero-order chi connectivity index (χ0) is 19.0. The van der Waals surface area contributed by atoms with Gasteiger partial charge < -0.3 is 19.9 Å². The summed E-state index contributed by atoms with van der Waals surface area (Å²) in [4.78, 5) is 13.9. The van der Waals surface area contributed by atoms with Crippen molar-refractivity contribution in [2.24, 2.45) is 0 Å². The molecule has 0 aliphatic carbocycles. The van der Waals surface area contributed by atoms with Gasteiger partial charge in [-0.05, 0) is 75.5 Å². The molecule has 0 unspecified atom stereocenters. The highest BCUT2D eigenvalue weighted by atomic mass is 16.5. The number of nitrogens with one attached hydrogen (secondary N) is 1. The molecule has 6 heteroatoms. The normalized spacial score (nSPS) is 17.6. The Hall–Kier alpha value is -2.34. The minimum Gasteiger partial charge on any atom is -0.494 e. The number of hydrogen-bond acceptors (Lipinski definition) is 6. The van der Waals surface area contributed by atoms with Crippen LogP contribution >= 0.6 is 0 Å². The number of nitrogens with zero attached hydrogens (tertiary/aromatic N) is 4. The predicted octanol–water partition coefficient (Wildman–Crippen LogP) is 4.08. The number of benzene rings is 1. The Morgan fingerprint density at radius 3 is 2.43 bits per heavy atom. The van der Waals surface area contributed by atoms with Crippen molar-refractivity contribution in [2.45, 2.75) is 38.5 Å². The lowest BCUT2D eigenvalue weighted by Gasteiger charge is -2.26. The summed E-state index contributed by atoms with van der Waals surface area (Å²) in [7, 11) is 0. The van der Waals surface area contributed by atoms with Gasteiger partial charge in [0.15, 0.2) is 0 Å². The first-order chi connectivity index (χ1) is 13.9. The second-order valence-electron chi connectivity index (χ2n) is 7.69. The van der Waals surface area contributed by atoms with Crippen LogP contribution in [0.4, 0.5) is 17.5 Å². The third-order valence-electron chi connectivity index (χ3n) is 5.52. The van der Waals surface area contributed by atoms with E-state index in [4.69, 9.17) is 4.74 Å². The smallest absolute Gasteiger partial charge is 0.229 e. The molecular weight excluding hydrogens is 350 g/mol. The minimum absolute atomic E-state index is 0.639. The summed E-state index contributed by atoms with van der Waals surface area (Å²) < 4.78 is 5.90. The minimum atomic E-state index is 0.639. The number of aromatic nitrogens is 2. The van der Waals surface area contributed by atoms with Crippen LogP contribution in [-0.4, -0.2) is 54.2 Å². The van der Waals surface area contributed by atoms with Crippen LogP contribution in [-0.2, 0) is 0 Å². The molecule has 0 amide bonds. The quantitative estimate of drug-likeness (QED) is 0.696. The van der Waals surface area contributed by atoms with Crippen molar-refractivity contribution in [2.75, 3.05) is 49.5 Å². The van der Waals surface area contributed by atoms with Crippen molar-refractivity contribution in [3.05, 3.63) is 36.5 Å². The van der Waals surface area contributed by atoms with Crippen LogP contribution in [0.5, 0.6) is 5.75 Å². The molecule has 0 bridgehead atoms. The highest BCUT2D eigenvalue weighted by Gasteiger charge is 2.14. The fourth-order valence-corrected chi connectivity index (χ4v) is 3.96. The molecule has 3 heterocycles. The first kappa shape index (κ1) is 19.0. The zero-order valence-corrected chi connectivity index (χ0v) is 16.6. The average Bonchev–Trinajstić information content (AvgIpc) is 3.28. The van der Waals surface area contributed by atoms with Gasteiger partial charge in [-0.25, -0.2) is 4.98 Å². The van der Waals surface area contributed by atoms with E-state index in [2.05, 4.69) is 25.1 Å².